The summed E-state index contributed by atoms with van der Waals surface area (Å²) in [4.78, 5) is 13.1. The van der Waals surface area contributed by atoms with Gasteiger partial charge in [-0.2, -0.15) is 0 Å². The Morgan fingerprint density at radius 2 is 2.20 bits per heavy atom. The van der Waals surface area contributed by atoms with Gasteiger partial charge < -0.3 is 0 Å². The van der Waals surface area contributed by atoms with Gasteiger partial charge in [0.05, 0.1) is 9.95 Å². The van der Waals surface area contributed by atoms with Crippen molar-refractivity contribution < 1.29 is 13.3 Å². The standard InChI is InChI=1S/C7H5ClN2O4S/c1-2-15(13,14)7-6(10(11)12)3-5(8)4-9-7/h2-4H,1H2. The Hall–Kier alpha value is -1.47. The quantitative estimate of drug-likeness (QED) is 0.598. The van der Waals surface area contributed by atoms with E-state index >= 15 is 0 Å². The molecular formula is C7H5ClN2O4S. The zero-order valence-corrected chi connectivity index (χ0v) is 8.83. The summed E-state index contributed by atoms with van der Waals surface area (Å²) < 4.78 is 22.6. The van der Waals surface area contributed by atoms with Gasteiger partial charge in [-0.3, -0.25) is 10.1 Å². The molecule has 0 aliphatic rings. The van der Waals surface area contributed by atoms with Gasteiger partial charge >= 0.3 is 5.69 Å². The monoisotopic (exact) mass is 248 g/mol. The van der Waals surface area contributed by atoms with Crippen LogP contribution in [-0.4, -0.2) is 18.3 Å². The second-order valence-electron chi connectivity index (χ2n) is 2.45. The predicted molar refractivity (Wildman–Crippen MR) is 53.3 cm³/mol. The first-order valence-corrected chi connectivity index (χ1v) is 5.48. The van der Waals surface area contributed by atoms with Gasteiger partial charge in [0.15, 0.2) is 0 Å². The third-order valence-electron chi connectivity index (χ3n) is 1.48. The summed E-state index contributed by atoms with van der Waals surface area (Å²) in [5.74, 6) is 0. The molecule has 1 rings (SSSR count). The summed E-state index contributed by atoms with van der Waals surface area (Å²) in [6.07, 6.45) is 1.02. The average molecular weight is 249 g/mol. The highest BCUT2D eigenvalue weighted by Crippen LogP contribution is 2.25. The Labute approximate surface area is 90.3 Å². The normalized spacial score (nSPS) is 11.0. The number of hydrogen-bond donors (Lipinski definition) is 0. The molecule has 0 fully saturated rings. The van der Waals surface area contributed by atoms with Gasteiger partial charge in [-0.25, -0.2) is 13.4 Å². The molecule has 0 amide bonds. The van der Waals surface area contributed by atoms with Crippen molar-refractivity contribution >= 4 is 27.1 Å². The van der Waals surface area contributed by atoms with Crippen molar-refractivity contribution in [2.45, 2.75) is 5.03 Å². The smallest absolute Gasteiger partial charge is 0.258 e. The maximum Gasteiger partial charge on any atom is 0.308 e. The second-order valence-corrected chi connectivity index (χ2v) is 4.69. The molecule has 0 saturated heterocycles. The van der Waals surface area contributed by atoms with E-state index in [0.29, 0.717) is 5.41 Å². The fourth-order valence-corrected chi connectivity index (χ4v) is 1.78. The molecule has 0 saturated carbocycles. The van der Waals surface area contributed by atoms with Gasteiger partial charge in [-0.05, 0) is 0 Å². The van der Waals surface area contributed by atoms with Crippen molar-refractivity contribution in [3.05, 3.63) is 39.4 Å². The maximum absolute atomic E-state index is 11.3. The van der Waals surface area contributed by atoms with Gasteiger partial charge in [0, 0.05) is 17.7 Å². The Morgan fingerprint density at radius 3 is 2.67 bits per heavy atom. The Balaban J connectivity index is 3.56. The first-order chi connectivity index (χ1) is 6.88. The minimum Gasteiger partial charge on any atom is -0.258 e. The summed E-state index contributed by atoms with van der Waals surface area (Å²) in [5.41, 5.74) is -0.664. The number of rotatable bonds is 3. The molecule has 0 aliphatic heterocycles. The molecule has 15 heavy (non-hydrogen) atoms. The number of aromatic nitrogens is 1. The fourth-order valence-electron chi connectivity index (χ4n) is 0.845. The van der Waals surface area contributed by atoms with Crippen molar-refractivity contribution in [3.63, 3.8) is 0 Å². The molecule has 0 unspecified atom stereocenters. The predicted octanol–water partition coefficient (Wildman–Crippen LogP) is 1.56. The molecule has 0 radical (unpaired) electrons. The molecule has 0 atom stereocenters. The molecule has 1 aromatic rings. The Bertz CT molecular complexity index is 526. The fraction of sp³-hybridized carbons (Fsp3) is 0. The van der Waals surface area contributed by atoms with Crippen LogP contribution in [0.1, 0.15) is 0 Å². The first kappa shape index (κ1) is 11.6. The highest BCUT2D eigenvalue weighted by molar-refractivity contribution is 7.94. The SMILES string of the molecule is C=CS(=O)(=O)c1ncc(Cl)cc1[N+](=O)[O-]. The van der Waals surface area contributed by atoms with E-state index in [1.54, 1.807) is 0 Å². The van der Waals surface area contributed by atoms with Crippen LogP contribution in [0, 0.1) is 10.1 Å². The largest absolute Gasteiger partial charge is 0.308 e. The van der Waals surface area contributed by atoms with Crippen LogP contribution in [0.3, 0.4) is 0 Å². The highest BCUT2D eigenvalue weighted by Gasteiger charge is 2.25. The molecule has 0 bridgehead atoms. The molecule has 1 heterocycles. The summed E-state index contributed by atoms with van der Waals surface area (Å²) in [6, 6.07) is 0.922. The number of sulfone groups is 1. The lowest BCUT2D eigenvalue weighted by molar-refractivity contribution is -0.388. The molecule has 80 valence electrons. The van der Waals surface area contributed by atoms with E-state index in [2.05, 4.69) is 11.6 Å². The van der Waals surface area contributed by atoms with Crippen LogP contribution < -0.4 is 0 Å². The summed E-state index contributed by atoms with van der Waals surface area (Å²) in [5, 5.41) is 10.5. The maximum atomic E-state index is 11.3. The lowest BCUT2D eigenvalue weighted by Gasteiger charge is -1.99. The Kier molecular flexibility index (Phi) is 3.06. The number of nitrogens with zero attached hydrogens (tertiary/aromatic N) is 2. The topological polar surface area (TPSA) is 90.2 Å². The molecule has 0 aromatic carbocycles. The van der Waals surface area contributed by atoms with Crippen LogP contribution in [0.25, 0.3) is 0 Å². The van der Waals surface area contributed by atoms with E-state index in [0.717, 1.165) is 12.3 Å². The second kappa shape index (κ2) is 3.95. The lowest BCUT2D eigenvalue weighted by Crippen LogP contribution is -2.04. The van der Waals surface area contributed by atoms with E-state index in [4.69, 9.17) is 11.6 Å². The van der Waals surface area contributed by atoms with E-state index in [9.17, 15) is 18.5 Å². The molecule has 0 aliphatic carbocycles. The van der Waals surface area contributed by atoms with Crippen molar-refractivity contribution in [1.82, 2.24) is 4.98 Å². The van der Waals surface area contributed by atoms with Gasteiger partial charge in [-0.15, -0.1) is 0 Å². The molecule has 0 N–H and O–H groups in total. The first-order valence-electron chi connectivity index (χ1n) is 3.56. The number of pyridine rings is 1. The minimum absolute atomic E-state index is 0.00953. The van der Waals surface area contributed by atoms with Crippen LogP contribution in [-0.2, 0) is 9.84 Å². The molecule has 6 nitrogen and oxygen atoms in total. The zero-order valence-electron chi connectivity index (χ0n) is 7.25. The third kappa shape index (κ3) is 2.31. The molecule has 1 aromatic heterocycles. The lowest BCUT2D eigenvalue weighted by atomic mass is 10.4. The number of nitro groups is 1. The van der Waals surface area contributed by atoms with E-state index in [1.165, 1.54) is 0 Å². The Morgan fingerprint density at radius 1 is 1.60 bits per heavy atom. The number of halogens is 1. The summed E-state index contributed by atoms with van der Waals surface area (Å²) in [7, 11) is -3.94. The van der Waals surface area contributed by atoms with Gasteiger partial charge in [-0.1, -0.05) is 18.2 Å². The van der Waals surface area contributed by atoms with Crippen molar-refractivity contribution in [2.24, 2.45) is 0 Å². The number of hydrogen-bond acceptors (Lipinski definition) is 5. The molecular weight excluding hydrogens is 244 g/mol. The van der Waals surface area contributed by atoms with E-state index in [1.807, 2.05) is 0 Å². The zero-order chi connectivity index (χ0) is 11.6. The third-order valence-corrected chi connectivity index (χ3v) is 2.98. The van der Waals surface area contributed by atoms with Crippen LogP contribution in [0.15, 0.2) is 29.3 Å². The van der Waals surface area contributed by atoms with Gasteiger partial charge in [0.1, 0.15) is 0 Å². The summed E-state index contributed by atoms with van der Waals surface area (Å²) in [6.45, 7) is 3.05. The van der Waals surface area contributed by atoms with E-state index < -0.39 is 25.5 Å². The van der Waals surface area contributed by atoms with Crippen LogP contribution in [0.4, 0.5) is 5.69 Å². The van der Waals surface area contributed by atoms with E-state index in [-0.39, 0.29) is 5.02 Å². The minimum atomic E-state index is -3.94. The molecule has 0 spiro atoms. The van der Waals surface area contributed by atoms with Gasteiger partial charge in [0.25, 0.3) is 0 Å². The van der Waals surface area contributed by atoms with Crippen molar-refractivity contribution in [2.75, 3.05) is 0 Å². The van der Waals surface area contributed by atoms with Gasteiger partial charge in [0.2, 0.25) is 14.9 Å². The van der Waals surface area contributed by atoms with Crippen LogP contribution >= 0.6 is 11.6 Å². The highest BCUT2D eigenvalue weighted by atomic mass is 35.5. The summed E-state index contributed by atoms with van der Waals surface area (Å²) >= 11 is 5.47. The van der Waals surface area contributed by atoms with Crippen molar-refractivity contribution in [3.8, 4) is 0 Å². The van der Waals surface area contributed by atoms with Crippen LogP contribution in [0.2, 0.25) is 5.02 Å². The average Bonchev–Trinajstić information content (AvgIpc) is 2.17. The van der Waals surface area contributed by atoms with Crippen LogP contribution in [0.5, 0.6) is 0 Å². The van der Waals surface area contributed by atoms with Crippen molar-refractivity contribution in [1.29, 1.82) is 0 Å². The molecule has 8 heteroatoms.